The number of nitro benzene ring substituents is 1. The second kappa shape index (κ2) is 15.2. The molecule has 3 aromatic carbocycles. The van der Waals surface area contributed by atoms with Crippen LogP contribution in [0.5, 0.6) is 11.5 Å². The fourth-order valence-corrected chi connectivity index (χ4v) is 5.17. The van der Waals surface area contributed by atoms with E-state index in [1.807, 2.05) is 6.07 Å². The molecule has 1 aliphatic heterocycles. The fourth-order valence-electron chi connectivity index (χ4n) is 4.20. The first-order valence-corrected chi connectivity index (χ1v) is 14.8. The smallest absolute Gasteiger partial charge is 0.338 e. The standard InChI is InChI=1S/C30H28IN5O7S/c1-3-41-29(38)27-18(2)33-30(44)34-28(27)22-6-4-5-7-24(22)43-17-26(37)35-32-15-20-10-13-25(23(31)14-20)42-16-19-8-11-21(12-9-19)36(39)40/h4-15,28H,3,16-17H2,1-2H3,(H,35,37)(H2,33,34,44)/t28-/m1/s1. The average molecular weight is 730 g/mol. The molecule has 0 unspecified atom stereocenters. The van der Waals surface area contributed by atoms with Crippen molar-refractivity contribution in [1.29, 1.82) is 0 Å². The van der Waals surface area contributed by atoms with Gasteiger partial charge in [0.2, 0.25) is 0 Å². The Hall–Kier alpha value is -4.57. The van der Waals surface area contributed by atoms with Crippen LogP contribution in [-0.4, -0.2) is 41.3 Å². The number of thiocarbonyl (C=S) groups is 1. The van der Waals surface area contributed by atoms with E-state index in [2.05, 4.69) is 43.8 Å². The number of hydrogen-bond donors (Lipinski definition) is 3. The summed E-state index contributed by atoms with van der Waals surface area (Å²) >= 11 is 7.43. The number of nitrogens with one attached hydrogen (secondary N) is 3. The fraction of sp³-hybridized carbons (Fsp3) is 0.200. The van der Waals surface area contributed by atoms with Gasteiger partial charge in [-0.05, 0) is 96.2 Å². The Morgan fingerprint density at radius 1 is 1.11 bits per heavy atom. The van der Waals surface area contributed by atoms with Crippen molar-refractivity contribution in [2.75, 3.05) is 13.2 Å². The lowest BCUT2D eigenvalue weighted by Crippen LogP contribution is -2.45. The quantitative estimate of drug-likeness (QED) is 0.0599. The number of para-hydroxylation sites is 1. The van der Waals surface area contributed by atoms with E-state index in [-0.39, 0.29) is 25.5 Å². The van der Waals surface area contributed by atoms with Crippen LogP contribution in [-0.2, 0) is 20.9 Å². The molecule has 1 heterocycles. The SMILES string of the molecule is CCOC(=O)C1=C(C)NC(=S)N[C@@H]1c1ccccc1OCC(=O)NN=Cc1ccc(OCc2ccc([N+](=O)[O-])cc2)c(I)c1. The molecule has 0 fully saturated rings. The maximum atomic E-state index is 12.7. The van der Waals surface area contributed by atoms with Crippen LogP contribution >= 0.6 is 34.8 Å². The van der Waals surface area contributed by atoms with E-state index >= 15 is 0 Å². The van der Waals surface area contributed by atoms with Crippen molar-refractivity contribution >= 4 is 63.7 Å². The molecule has 14 heteroatoms. The topological polar surface area (TPSA) is 153 Å². The lowest BCUT2D eigenvalue weighted by molar-refractivity contribution is -0.384. The monoisotopic (exact) mass is 729 g/mol. The van der Waals surface area contributed by atoms with Gasteiger partial charge < -0.3 is 24.8 Å². The molecule has 4 rings (SSSR count). The molecule has 0 aromatic heterocycles. The second-order valence-corrected chi connectivity index (χ2v) is 10.9. The largest absolute Gasteiger partial charge is 0.488 e. The van der Waals surface area contributed by atoms with Crippen LogP contribution in [0.3, 0.4) is 0 Å². The molecule has 0 spiro atoms. The van der Waals surface area contributed by atoms with Crippen LogP contribution in [0.4, 0.5) is 5.69 Å². The van der Waals surface area contributed by atoms with E-state index < -0.39 is 22.8 Å². The molecule has 1 aliphatic rings. The molecule has 1 atom stereocenters. The number of carbonyl (C=O) groups excluding carboxylic acids is 2. The second-order valence-electron chi connectivity index (χ2n) is 9.31. The van der Waals surface area contributed by atoms with Gasteiger partial charge in [0.05, 0.1) is 32.9 Å². The molecule has 3 N–H and O–H groups in total. The normalized spacial score (nSPS) is 14.4. The Balaban J connectivity index is 1.33. The molecule has 0 radical (unpaired) electrons. The third kappa shape index (κ3) is 8.50. The highest BCUT2D eigenvalue weighted by Gasteiger charge is 2.32. The number of esters is 1. The van der Waals surface area contributed by atoms with Crippen LogP contribution in [0.25, 0.3) is 0 Å². The predicted octanol–water partition coefficient (Wildman–Crippen LogP) is 4.66. The summed E-state index contributed by atoms with van der Waals surface area (Å²) < 4.78 is 17.7. The van der Waals surface area contributed by atoms with Crippen molar-refractivity contribution in [3.8, 4) is 11.5 Å². The van der Waals surface area contributed by atoms with Crippen molar-refractivity contribution < 1.29 is 28.7 Å². The van der Waals surface area contributed by atoms with Crippen LogP contribution in [0, 0.1) is 13.7 Å². The highest BCUT2D eigenvalue weighted by molar-refractivity contribution is 14.1. The van der Waals surface area contributed by atoms with Crippen molar-refractivity contribution in [1.82, 2.24) is 16.1 Å². The number of nitrogens with zero attached hydrogens (tertiary/aromatic N) is 2. The third-order valence-electron chi connectivity index (χ3n) is 6.25. The number of amides is 1. The van der Waals surface area contributed by atoms with E-state index in [0.29, 0.717) is 33.4 Å². The van der Waals surface area contributed by atoms with E-state index in [1.54, 1.807) is 62.4 Å². The number of carbonyl (C=O) groups is 2. The highest BCUT2D eigenvalue weighted by atomic mass is 127. The number of nitro groups is 1. The summed E-state index contributed by atoms with van der Waals surface area (Å²) in [6.07, 6.45) is 1.49. The van der Waals surface area contributed by atoms with Crippen LogP contribution in [0.1, 0.15) is 36.6 Å². The van der Waals surface area contributed by atoms with E-state index in [4.69, 9.17) is 26.4 Å². The first-order valence-electron chi connectivity index (χ1n) is 13.3. The lowest BCUT2D eigenvalue weighted by atomic mass is 9.95. The summed E-state index contributed by atoms with van der Waals surface area (Å²) in [6.45, 7) is 3.61. The molecule has 0 aliphatic carbocycles. The molecule has 228 valence electrons. The number of ether oxygens (including phenoxy) is 3. The van der Waals surface area contributed by atoms with E-state index in [0.717, 1.165) is 14.7 Å². The van der Waals surface area contributed by atoms with Gasteiger partial charge in [0, 0.05) is 23.4 Å². The van der Waals surface area contributed by atoms with Gasteiger partial charge in [-0.25, -0.2) is 10.2 Å². The first kappa shape index (κ1) is 32.3. The summed E-state index contributed by atoms with van der Waals surface area (Å²) in [6, 6.07) is 18.0. The lowest BCUT2D eigenvalue weighted by Gasteiger charge is -2.30. The maximum absolute atomic E-state index is 12.7. The summed E-state index contributed by atoms with van der Waals surface area (Å²) in [7, 11) is 0. The summed E-state index contributed by atoms with van der Waals surface area (Å²) in [5.41, 5.74) is 5.53. The Labute approximate surface area is 272 Å². The predicted molar refractivity (Wildman–Crippen MR) is 175 cm³/mol. The molecule has 0 saturated heterocycles. The van der Waals surface area contributed by atoms with Gasteiger partial charge >= 0.3 is 5.97 Å². The van der Waals surface area contributed by atoms with E-state index in [1.165, 1.54) is 18.3 Å². The van der Waals surface area contributed by atoms with Crippen molar-refractivity contribution in [3.05, 3.63) is 108 Å². The van der Waals surface area contributed by atoms with Gasteiger partial charge in [-0.3, -0.25) is 14.9 Å². The first-order chi connectivity index (χ1) is 21.2. The minimum absolute atomic E-state index is 0.0206. The zero-order valence-corrected chi connectivity index (χ0v) is 26.6. The van der Waals surface area contributed by atoms with Gasteiger partial charge in [-0.2, -0.15) is 5.10 Å². The molecular formula is C30H28IN5O7S. The van der Waals surface area contributed by atoms with Crippen LogP contribution in [0.15, 0.2) is 83.1 Å². The van der Waals surface area contributed by atoms with Gasteiger partial charge in [0.1, 0.15) is 18.1 Å². The number of hydrogen-bond acceptors (Lipinski definition) is 9. The average Bonchev–Trinajstić information content (AvgIpc) is 2.99. The number of non-ortho nitro benzene ring substituents is 1. The molecule has 3 aromatic rings. The summed E-state index contributed by atoms with van der Waals surface area (Å²) in [5, 5.41) is 21.2. The molecular weight excluding hydrogens is 701 g/mol. The maximum Gasteiger partial charge on any atom is 0.338 e. The number of benzene rings is 3. The zero-order chi connectivity index (χ0) is 31.6. The van der Waals surface area contributed by atoms with E-state index in [9.17, 15) is 19.7 Å². The zero-order valence-electron chi connectivity index (χ0n) is 23.7. The van der Waals surface area contributed by atoms with Gasteiger partial charge in [0.25, 0.3) is 11.6 Å². The van der Waals surface area contributed by atoms with Crippen molar-refractivity contribution in [2.45, 2.75) is 26.5 Å². The molecule has 12 nitrogen and oxygen atoms in total. The van der Waals surface area contributed by atoms with Crippen molar-refractivity contribution in [2.24, 2.45) is 5.10 Å². The summed E-state index contributed by atoms with van der Waals surface area (Å²) in [5.74, 6) is 0.0534. The molecule has 0 saturated carbocycles. The van der Waals surface area contributed by atoms with Gasteiger partial charge in [-0.1, -0.05) is 18.2 Å². The molecule has 0 bridgehead atoms. The minimum Gasteiger partial charge on any atom is -0.488 e. The van der Waals surface area contributed by atoms with Crippen LogP contribution in [0.2, 0.25) is 0 Å². The Kier molecular flexibility index (Phi) is 11.2. The Morgan fingerprint density at radius 3 is 2.57 bits per heavy atom. The van der Waals surface area contributed by atoms with Crippen LogP contribution < -0.4 is 25.5 Å². The number of allylic oxidation sites excluding steroid dienone is 1. The minimum atomic E-state index is -0.636. The van der Waals surface area contributed by atoms with Gasteiger partial charge in [0.15, 0.2) is 11.7 Å². The molecule has 1 amide bonds. The Bertz CT molecular complexity index is 1630. The van der Waals surface area contributed by atoms with Crippen molar-refractivity contribution in [3.63, 3.8) is 0 Å². The Morgan fingerprint density at radius 2 is 1.86 bits per heavy atom. The number of hydrazone groups is 1. The summed E-state index contributed by atoms with van der Waals surface area (Å²) in [4.78, 5) is 35.6. The number of rotatable bonds is 12. The number of halogens is 1. The third-order valence-corrected chi connectivity index (χ3v) is 7.32. The highest BCUT2D eigenvalue weighted by Crippen LogP contribution is 2.33. The van der Waals surface area contributed by atoms with Gasteiger partial charge in [-0.15, -0.1) is 0 Å². The molecule has 44 heavy (non-hydrogen) atoms.